The summed E-state index contributed by atoms with van der Waals surface area (Å²) in [5.41, 5.74) is -0.824. The van der Waals surface area contributed by atoms with Gasteiger partial charge < -0.3 is 5.11 Å². The molecule has 1 aliphatic heterocycles. The molecule has 3 rings (SSSR count). The van der Waals surface area contributed by atoms with Crippen LogP contribution in [0.4, 0.5) is 18.9 Å². The molecule has 0 aromatic heterocycles. The summed E-state index contributed by atoms with van der Waals surface area (Å²) in [6.45, 7) is 0. The zero-order chi connectivity index (χ0) is 19.8. The van der Waals surface area contributed by atoms with Gasteiger partial charge >= 0.3 is 12.1 Å². The second kappa shape index (κ2) is 7.07. The van der Waals surface area contributed by atoms with Gasteiger partial charge in [0.15, 0.2) is 0 Å². The van der Waals surface area contributed by atoms with Gasteiger partial charge in [0, 0.05) is 11.3 Å². The summed E-state index contributed by atoms with van der Waals surface area (Å²) in [5, 5.41) is 8.36. The highest BCUT2D eigenvalue weighted by atomic mass is 32.2. The van der Waals surface area contributed by atoms with Crippen LogP contribution >= 0.6 is 11.8 Å². The van der Waals surface area contributed by atoms with E-state index >= 15 is 0 Å². The molecule has 1 atom stereocenters. The summed E-state index contributed by atoms with van der Waals surface area (Å²) < 4.78 is 38.0. The maximum absolute atomic E-state index is 12.7. The SMILES string of the molecule is O=C(O)c1ccccc1S[C@@H]1CC(=O)N(c2ccc(C(F)(F)F)cc2)C1=O. The molecule has 1 aliphatic rings. The number of carbonyl (C=O) groups is 3. The molecular formula is C18H12F3NO4S. The predicted octanol–water partition coefficient (Wildman–Crippen LogP) is 3.83. The molecular weight excluding hydrogens is 383 g/mol. The summed E-state index contributed by atoms with van der Waals surface area (Å²) in [6.07, 6.45) is -4.69. The molecule has 2 aromatic carbocycles. The van der Waals surface area contributed by atoms with Crippen LogP contribution in [0.2, 0.25) is 0 Å². The molecule has 0 unspecified atom stereocenters. The maximum Gasteiger partial charge on any atom is 0.416 e. The molecule has 2 aromatic rings. The third-order valence-electron chi connectivity index (χ3n) is 3.94. The monoisotopic (exact) mass is 395 g/mol. The van der Waals surface area contributed by atoms with E-state index in [-0.39, 0.29) is 17.7 Å². The van der Waals surface area contributed by atoms with Crippen molar-refractivity contribution >= 4 is 35.2 Å². The van der Waals surface area contributed by atoms with Crippen molar-refractivity contribution < 1.29 is 32.7 Å². The number of carboxylic acids is 1. The minimum atomic E-state index is -4.52. The molecule has 1 heterocycles. The number of benzene rings is 2. The van der Waals surface area contributed by atoms with E-state index in [9.17, 15) is 32.7 Å². The molecule has 9 heteroatoms. The standard InChI is InChI=1S/C18H12F3NO4S/c19-18(20,21)10-5-7-11(8-6-10)22-15(23)9-14(16(22)24)27-13-4-2-1-3-12(13)17(25)26/h1-8,14H,9H2,(H,25,26)/t14-/m1/s1. The van der Waals surface area contributed by atoms with Gasteiger partial charge in [-0.1, -0.05) is 12.1 Å². The lowest BCUT2D eigenvalue weighted by molar-refractivity contribution is -0.137. The molecule has 0 saturated carbocycles. The Morgan fingerprint density at radius 3 is 2.30 bits per heavy atom. The predicted molar refractivity (Wildman–Crippen MR) is 91.6 cm³/mol. The van der Waals surface area contributed by atoms with Crippen LogP contribution in [0.3, 0.4) is 0 Å². The summed E-state index contributed by atoms with van der Waals surface area (Å²) >= 11 is 0.951. The Hall–Kier alpha value is -2.81. The van der Waals surface area contributed by atoms with Gasteiger partial charge in [-0.05, 0) is 36.4 Å². The molecule has 1 N–H and O–H groups in total. The first-order chi connectivity index (χ1) is 12.7. The number of rotatable bonds is 4. The van der Waals surface area contributed by atoms with Crippen molar-refractivity contribution in [3.05, 3.63) is 59.7 Å². The first kappa shape index (κ1) is 19.0. The molecule has 5 nitrogen and oxygen atoms in total. The minimum Gasteiger partial charge on any atom is -0.478 e. The molecule has 0 spiro atoms. The average Bonchev–Trinajstić information content (AvgIpc) is 2.88. The smallest absolute Gasteiger partial charge is 0.416 e. The van der Waals surface area contributed by atoms with E-state index in [1.165, 1.54) is 12.1 Å². The van der Waals surface area contributed by atoms with Crippen molar-refractivity contribution in [2.75, 3.05) is 4.90 Å². The highest BCUT2D eigenvalue weighted by Gasteiger charge is 2.41. The van der Waals surface area contributed by atoms with Crippen LogP contribution in [0, 0.1) is 0 Å². The molecule has 2 amide bonds. The highest BCUT2D eigenvalue weighted by molar-refractivity contribution is 8.00. The van der Waals surface area contributed by atoms with E-state index in [0.717, 1.165) is 40.9 Å². The second-order valence-electron chi connectivity index (χ2n) is 5.72. The fourth-order valence-electron chi connectivity index (χ4n) is 2.67. The number of anilines is 1. The summed E-state index contributed by atoms with van der Waals surface area (Å²) in [7, 11) is 0. The Morgan fingerprint density at radius 2 is 1.70 bits per heavy atom. The van der Waals surface area contributed by atoms with E-state index in [1.54, 1.807) is 12.1 Å². The molecule has 1 saturated heterocycles. The van der Waals surface area contributed by atoms with Crippen molar-refractivity contribution in [1.82, 2.24) is 0 Å². The number of hydrogen-bond acceptors (Lipinski definition) is 4. The minimum absolute atomic E-state index is 0.00993. The zero-order valence-electron chi connectivity index (χ0n) is 13.6. The van der Waals surface area contributed by atoms with E-state index < -0.39 is 34.8 Å². The lowest BCUT2D eigenvalue weighted by Gasteiger charge is -2.16. The van der Waals surface area contributed by atoms with Crippen LogP contribution in [-0.2, 0) is 15.8 Å². The fourth-order valence-corrected chi connectivity index (χ4v) is 3.84. The number of aromatic carboxylic acids is 1. The van der Waals surface area contributed by atoms with Crippen LogP contribution < -0.4 is 4.90 Å². The zero-order valence-corrected chi connectivity index (χ0v) is 14.4. The van der Waals surface area contributed by atoms with Gasteiger partial charge in [-0.3, -0.25) is 9.59 Å². The number of nitrogens with zero attached hydrogens (tertiary/aromatic N) is 1. The van der Waals surface area contributed by atoms with Gasteiger partial charge in [0.05, 0.1) is 22.1 Å². The topological polar surface area (TPSA) is 74.7 Å². The van der Waals surface area contributed by atoms with Gasteiger partial charge in [0.2, 0.25) is 11.8 Å². The number of thioether (sulfide) groups is 1. The summed E-state index contributed by atoms with van der Waals surface area (Å²) in [4.78, 5) is 37.3. The van der Waals surface area contributed by atoms with Gasteiger partial charge in [-0.2, -0.15) is 13.2 Å². The van der Waals surface area contributed by atoms with E-state index in [2.05, 4.69) is 0 Å². The Kier molecular flexibility index (Phi) is 4.97. The third kappa shape index (κ3) is 3.82. The van der Waals surface area contributed by atoms with E-state index in [0.29, 0.717) is 4.90 Å². The number of alkyl halides is 3. The van der Waals surface area contributed by atoms with Crippen molar-refractivity contribution in [1.29, 1.82) is 0 Å². The number of carbonyl (C=O) groups excluding carboxylic acids is 2. The molecule has 0 bridgehead atoms. The lowest BCUT2D eigenvalue weighted by atomic mass is 10.2. The molecule has 0 aliphatic carbocycles. The first-order valence-corrected chi connectivity index (χ1v) is 8.59. The Bertz CT molecular complexity index is 912. The number of imide groups is 1. The van der Waals surface area contributed by atoms with Crippen LogP contribution in [-0.4, -0.2) is 28.1 Å². The molecule has 140 valence electrons. The van der Waals surface area contributed by atoms with Crippen LogP contribution in [0.15, 0.2) is 53.4 Å². The second-order valence-corrected chi connectivity index (χ2v) is 6.97. The molecule has 1 fully saturated rings. The average molecular weight is 395 g/mol. The largest absolute Gasteiger partial charge is 0.478 e. The van der Waals surface area contributed by atoms with Crippen molar-refractivity contribution in [2.24, 2.45) is 0 Å². The quantitative estimate of drug-likeness (QED) is 0.797. The van der Waals surface area contributed by atoms with Gasteiger partial charge in [-0.15, -0.1) is 11.8 Å². The van der Waals surface area contributed by atoms with Crippen molar-refractivity contribution in [3.8, 4) is 0 Å². The lowest BCUT2D eigenvalue weighted by Crippen LogP contribution is -2.31. The normalized spacial score (nSPS) is 17.4. The Morgan fingerprint density at radius 1 is 1.07 bits per heavy atom. The van der Waals surface area contributed by atoms with Gasteiger partial charge in [0.1, 0.15) is 0 Å². The van der Waals surface area contributed by atoms with Crippen LogP contribution in [0.25, 0.3) is 0 Å². The number of hydrogen-bond donors (Lipinski definition) is 1. The van der Waals surface area contributed by atoms with Gasteiger partial charge in [0.25, 0.3) is 0 Å². The van der Waals surface area contributed by atoms with E-state index in [4.69, 9.17) is 0 Å². The number of carboxylic acid groups (broad SMARTS) is 1. The number of amides is 2. The van der Waals surface area contributed by atoms with Crippen LogP contribution in [0.1, 0.15) is 22.3 Å². The van der Waals surface area contributed by atoms with Gasteiger partial charge in [-0.25, -0.2) is 9.69 Å². The van der Waals surface area contributed by atoms with Crippen molar-refractivity contribution in [2.45, 2.75) is 22.7 Å². The fraction of sp³-hybridized carbons (Fsp3) is 0.167. The van der Waals surface area contributed by atoms with Crippen LogP contribution in [0.5, 0.6) is 0 Å². The first-order valence-electron chi connectivity index (χ1n) is 7.71. The summed E-state index contributed by atoms with van der Waals surface area (Å²) in [5.74, 6) is -2.30. The maximum atomic E-state index is 12.7. The summed E-state index contributed by atoms with van der Waals surface area (Å²) in [6, 6.07) is 9.82. The Balaban J connectivity index is 1.83. The molecule has 0 radical (unpaired) electrons. The third-order valence-corrected chi connectivity index (χ3v) is 5.21. The van der Waals surface area contributed by atoms with Crippen molar-refractivity contribution in [3.63, 3.8) is 0 Å². The highest BCUT2D eigenvalue weighted by Crippen LogP contribution is 2.36. The Labute approximate surface area is 155 Å². The molecule has 27 heavy (non-hydrogen) atoms. The number of halogens is 3. The van der Waals surface area contributed by atoms with E-state index in [1.807, 2.05) is 0 Å².